The van der Waals surface area contributed by atoms with Gasteiger partial charge in [-0.1, -0.05) is 13.0 Å². The standard InChI is InChI=1S/C9H8N2O2S/c1-2-5-3-4-6(9(12)13)8-7(5)10-14-11-8/h3-4H,2H2,1H3,(H,12,13). The average molecular weight is 208 g/mol. The van der Waals surface area contributed by atoms with E-state index < -0.39 is 5.97 Å². The molecule has 0 saturated heterocycles. The van der Waals surface area contributed by atoms with Gasteiger partial charge in [0.2, 0.25) is 0 Å². The Hall–Kier alpha value is -1.49. The summed E-state index contributed by atoms with van der Waals surface area (Å²) in [5.41, 5.74) is 2.49. The van der Waals surface area contributed by atoms with Gasteiger partial charge in [-0.05, 0) is 18.1 Å². The molecule has 14 heavy (non-hydrogen) atoms. The van der Waals surface area contributed by atoms with Crippen molar-refractivity contribution in [3.05, 3.63) is 23.3 Å². The molecule has 1 heterocycles. The molecule has 0 spiro atoms. The highest BCUT2D eigenvalue weighted by Crippen LogP contribution is 2.21. The predicted molar refractivity (Wildman–Crippen MR) is 53.8 cm³/mol. The normalized spacial score (nSPS) is 10.6. The minimum absolute atomic E-state index is 0.228. The van der Waals surface area contributed by atoms with Crippen molar-refractivity contribution in [2.75, 3.05) is 0 Å². The van der Waals surface area contributed by atoms with Crippen molar-refractivity contribution in [1.82, 2.24) is 8.75 Å². The van der Waals surface area contributed by atoms with Gasteiger partial charge in [0.25, 0.3) is 0 Å². The summed E-state index contributed by atoms with van der Waals surface area (Å²) in [6.07, 6.45) is 0.835. The molecule has 0 saturated carbocycles. The summed E-state index contributed by atoms with van der Waals surface area (Å²) in [6, 6.07) is 3.39. The first-order valence-corrected chi connectivity index (χ1v) is 4.94. The van der Waals surface area contributed by atoms with Gasteiger partial charge >= 0.3 is 5.97 Å². The fraction of sp³-hybridized carbons (Fsp3) is 0.222. The summed E-state index contributed by atoms with van der Waals surface area (Å²) in [5.74, 6) is -0.953. The first kappa shape index (κ1) is 9.08. The molecule has 0 aliphatic rings. The predicted octanol–water partition coefficient (Wildman–Crippen LogP) is 1.95. The second-order valence-electron chi connectivity index (χ2n) is 2.89. The van der Waals surface area contributed by atoms with E-state index in [-0.39, 0.29) is 5.56 Å². The molecule has 0 atom stereocenters. The van der Waals surface area contributed by atoms with E-state index in [1.807, 2.05) is 6.92 Å². The number of hydrogen-bond donors (Lipinski definition) is 1. The number of carboxylic acid groups (broad SMARTS) is 1. The van der Waals surface area contributed by atoms with Crippen molar-refractivity contribution in [1.29, 1.82) is 0 Å². The topological polar surface area (TPSA) is 63.1 Å². The van der Waals surface area contributed by atoms with Crippen LogP contribution in [0.4, 0.5) is 0 Å². The SMILES string of the molecule is CCc1ccc(C(=O)O)c2nsnc12. The van der Waals surface area contributed by atoms with Gasteiger partial charge < -0.3 is 5.11 Å². The lowest BCUT2D eigenvalue weighted by Gasteiger charge is -1.99. The lowest BCUT2D eigenvalue weighted by Crippen LogP contribution is -1.98. The Balaban J connectivity index is 2.78. The maximum absolute atomic E-state index is 10.8. The van der Waals surface area contributed by atoms with Crippen molar-refractivity contribution >= 4 is 28.7 Å². The third-order valence-corrected chi connectivity index (χ3v) is 2.64. The Morgan fingerprint density at radius 1 is 1.43 bits per heavy atom. The molecule has 1 aromatic heterocycles. The Labute approximate surface area is 84.5 Å². The number of hydrogen-bond acceptors (Lipinski definition) is 4. The summed E-state index contributed by atoms with van der Waals surface area (Å²) in [5, 5.41) is 8.90. The van der Waals surface area contributed by atoms with Crippen LogP contribution in [-0.2, 0) is 6.42 Å². The van der Waals surface area contributed by atoms with Crippen LogP contribution < -0.4 is 0 Å². The molecule has 1 aromatic carbocycles. The van der Waals surface area contributed by atoms with Crippen LogP contribution in [0.5, 0.6) is 0 Å². The number of aryl methyl sites for hydroxylation is 1. The van der Waals surface area contributed by atoms with E-state index in [1.165, 1.54) is 0 Å². The molecule has 0 fully saturated rings. The van der Waals surface area contributed by atoms with Gasteiger partial charge in [0.15, 0.2) is 0 Å². The van der Waals surface area contributed by atoms with E-state index >= 15 is 0 Å². The van der Waals surface area contributed by atoms with Crippen LogP contribution in [0.2, 0.25) is 0 Å². The fourth-order valence-corrected chi connectivity index (χ4v) is 1.97. The van der Waals surface area contributed by atoms with Crippen molar-refractivity contribution in [2.24, 2.45) is 0 Å². The van der Waals surface area contributed by atoms with Crippen molar-refractivity contribution in [3.63, 3.8) is 0 Å². The van der Waals surface area contributed by atoms with Gasteiger partial charge in [0.1, 0.15) is 11.0 Å². The molecule has 0 radical (unpaired) electrons. The van der Waals surface area contributed by atoms with E-state index in [2.05, 4.69) is 8.75 Å². The average Bonchev–Trinajstić information content (AvgIpc) is 2.64. The third-order valence-electron chi connectivity index (χ3n) is 2.11. The molecular formula is C9H8N2O2S. The Morgan fingerprint density at radius 2 is 2.14 bits per heavy atom. The highest BCUT2D eigenvalue weighted by molar-refractivity contribution is 7.00. The van der Waals surface area contributed by atoms with Gasteiger partial charge in [-0.15, -0.1) is 0 Å². The first-order chi connectivity index (χ1) is 6.74. The number of carbonyl (C=O) groups is 1. The van der Waals surface area contributed by atoms with E-state index in [0.29, 0.717) is 5.52 Å². The minimum Gasteiger partial charge on any atom is -0.478 e. The van der Waals surface area contributed by atoms with Crippen LogP contribution in [-0.4, -0.2) is 19.8 Å². The zero-order valence-corrected chi connectivity index (χ0v) is 8.34. The van der Waals surface area contributed by atoms with Crippen molar-refractivity contribution in [3.8, 4) is 0 Å². The van der Waals surface area contributed by atoms with E-state index in [1.54, 1.807) is 12.1 Å². The largest absolute Gasteiger partial charge is 0.478 e. The summed E-state index contributed by atoms with van der Waals surface area (Å²) < 4.78 is 8.10. The maximum Gasteiger partial charge on any atom is 0.338 e. The monoisotopic (exact) mass is 208 g/mol. The van der Waals surface area contributed by atoms with Crippen LogP contribution in [0.25, 0.3) is 11.0 Å². The molecule has 2 rings (SSSR count). The summed E-state index contributed by atoms with van der Waals surface area (Å²) in [6.45, 7) is 2.01. The number of aromatic carboxylic acids is 1. The van der Waals surface area contributed by atoms with Crippen LogP contribution in [0.15, 0.2) is 12.1 Å². The van der Waals surface area contributed by atoms with Crippen molar-refractivity contribution < 1.29 is 9.90 Å². The van der Waals surface area contributed by atoms with Crippen LogP contribution >= 0.6 is 11.7 Å². The lowest BCUT2D eigenvalue weighted by molar-refractivity contribution is 0.0699. The summed E-state index contributed by atoms with van der Waals surface area (Å²) in [7, 11) is 0. The van der Waals surface area contributed by atoms with Crippen LogP contribution in [0.1, 0.15) is 22.8 Å². The van der Waals surface area contributed by atoms with Gasteiger partial charge in [0, 0.05) is 0 Å². The molecule has 2 aromatic rings. The Kier molecular flexibility index (Phi) is 2.17. The zero-order valence-electron chi connectivity index (χ0n) is 7.52. The molecule has 5 heteroatoms. The first-order valence-electron chi connectivity index (χ1n) is 4.21. The summed E-state index contributed by atoms with van der Waals surface area (Å²) in [4.78, 5) is 10.8. The van der Waals surface area contributed by atoms with Crippen molar-refractivity contribution in [2.45, 2.75) is 13.3 Å². The van der Waals surface area contributed by atoms with E-state index in [4.69, 9.17) is 5.11 Å². The molecule has 0 bridgehead atoms. The Bertz CT molecular complexity index is 493. The molecule has 72 valence electrons. The maximum atomic E-state index is 10.8. The summed E-state index contributed by atoms with van der Waals surface area (Å²) >= 11 is 1.05. The number of rotatable bonds is 2. The van der Waals surface area contributed by atoms with Crippen LogP contribution in [0.3, 0.4) is 0 Å². The fourth-order valence-electron chi connectivity index (χ4n) is 1.38. The lowest BCUT2D eigenvalue weighted by atomic mass is 10.1. The molecular weight excluding hydrogens is 200 g/mol. The third kappa shape index (κ3) is 1.26. The van der Waals surface area contributed by atoms with Gasteiger partial charge in [0.05, 0.1) is 17.3 Å². The molecule has 0 unspecified atom stereocenters. The second-order valence-corrected chi connectivity index (χ2v) is 3.42. The molecule has 0 amide bonds. The number of aromatic nitrogens is 2. The highest BCUT2D eigenvalue weighted by atomic mass is 32.1. The highest BCUT2D eigenvalue weighted by Gasteiger charge is 2.13. The number of nitrogens with zero attached hydrogens (tertiary/aromatic N) is 2. The molecule has 1 N–H and O–H groups in total. The zero-order chi connectivity index (χ0) is 10.1. The van der Waals surface area contributed by atoms with Gasteiger partial charge in [-0.3, -0.25) is 0 Å². The molecule has 0 aliphatic heterocycles. The van der Waals surface area contributed by atoms with E-state index in [0.717, 1.165) is 29.2 Å². The molecule has 0 aliphatic carbocycles. The minimum atomic E-state index is -0.953. The smallest absolute Gasteiger partial charge is 0.338 e. The number of carboxylic acids is 1. The van der Waals surface area contributed by atoms with Gasteiger partial charge in [-0.2, -0.15) is 8.75 Å². The van der Waals surface area contributed by atoms with E-state index in [9.17, 15) is 4.79 Å². The number of benzene rings is 1. The second kappa shape index (κ2) is 3.34. The Morgan fingerprint density at radius 3 is 2.79 bits per heavy atom. The van der Waals surface area contributed by atoms with Crippen LogP contribution in [0, 0.1) is 0 Å². The quantitative estimate of drug-likeness (QED) is 0.819. The van der Waals surface area contributed by atoms with Gasteiger partial charge in [-0.25, -0.2) is 4.79 Å². The number of fused-ring (bicyclic) bond motifs is 1. The molecule has 4 nitrogen and oxygen atoms in total.